The monoisotopic (exact) mass is 403 g/mol. The molecule has 5 nitrogen and oxygen atoms in total. The third-order valence-electron chi connectivity index (χ3n) is 4.36. The van der Waals surface area contributed by atoms with Gasteiger partial charge >= 0.3 is 5.97 Å². The van der Waals surface area contributed by atoms with E-state index in [4.69, 9.17) is 4.74 Å². The Kier molecular flexibility index (Phi) is 8.51. The van der Waals surface area contributed by atoms with E-state index in [1.165, 1.54) is 19.3 Å². The molecule has 1 N–H and O–H groups in total. The van der Waals surface area contributed by atoms with E-state index < -0.39 is 16.0 Å². The summed E-state index contributed by atoms with van der Waals surface area (Å²) in [5, 5.41) is 0. The maximum absolute atomic E-state index is 12.6. The predicted octanol–water partition coefficient (Wildman–Crippen LogP) is 5.18. The third-order valence-corrected chi connectivity index (χ3v) is 5.76. The molecule has 0 aliphatic heterocycles. The normalized spacial score (nSPS) is 11.2. The van der Waals surface area contributed by atoms with E-state index in [0.29, 0.717) is 17.9 Å². The lowest BCUT2D eigenvalue weighted by Crippen LogP contribution is -2.13. The lowest BCUT2D eigenvalue weighted by Gasteiger charge is -2.10. The zero-order valence-electron chi connectivity index (χ0n) is 16.6. The molecule has 0 aliphatic rings. The first-order chi connectivity index (χ1) is 13.5. The van der Waals surface area contributed by atoms with Gasteiger partial charge in [-0.15, -0.1) is 0 Å². The van der Waals surface area contributed by atoms with E-state index in [1.54, 1.807) is 36.4 Å². The Labute approximate surface area is 168 Å². The van der Waals surface area contributed by atoms with Crippen molar-refractivity contribution in [1.82, 2.24) is 0 Å². The number of aryl methyl sites for hydroxylation is 1. The lowest BCUT2D eigenvalue weighted by molar-refractivity contribution is 0.0505. The van der Waals surface area contributed by atoms with Crippen molar-refractivity contribution in [3.05, 3.63) is 59.7 Å². The molecule has 0 aliphatic carbocycles. The van der Waals surface area contributed by atoms with E-state index in [2.05, 4.69) is 11.6 Å². The number of ether oxygens (including phenoxy) is 1. The van der Waals surface area contributed by atoms with Gasteiger partial charge in [0, 0.05) is 5.69 Å². The van der Waals surface area contributed by atoms with E-state index in [-0.39, 0.29) is 4.90 Å². The molecule has 2 rings (SSSR count). The van der Waals surface area contributed by atoms with E-state index in [0.717, 1.165) is 24.8 Å². The third kappa shape index (κ3) is 6.68. The van der Waals surface area contributed by atoms with E-state index >= 15 is 0 Å². The number of nitrogens with one attached hydrogen (secondary N) is 1. The number of unbranched alkanes of at least 4 members (excludes halogenated alkanes) is 3. The standard InChI is InChI=1S/C22H29NO4S/c1-3-5-6-7-8-18-9-15-21(16-10-18)28(25,26)23-20-13-11-19(12-14-20)22(24)27-17-4-2/h9-16,23H,3-8,17H2,1-2H3. The van der Waals surface area contributed by atoms with Gasteiger partial charge in [0.2, 0.25) is 0 Å². The minimum absolute atomic E-state index is 0.219. The first kappa shape index (κ1) is 22.0. The Morgan fingerprint density at radius 1 is 0.893 bits per heavy atom. The van der Waals surface area contributed by atoms with Crippen LogP contribution in [0.3, 0.4) is 0 Å². The van der Waals surface area contributed by atoms with Crippen LogP contribution in [0.2, 0.25) is 0 Å². The molecule has 0 heterocycles. The van der Waals surface area contributed by atoms with Gasteiger partial charge in [0.25, 0.3) is 10.0 Å². The second-order valence-electron chi connectivity index (χ2n) is 6.77. The average molecular weight is 404 g/mol. The number of benzene rings is 2. The molecule has 0 fully saturated rings. The molecule has 152 valence electrons. The summed E-state index contributed by atoms with van der Waals surface area (Å²) >= 11 is 0. The lowest BCUT2D eigenvalue weighted by atomic mass is 10.1. The Balaban J connectivity index is 1.98. The van der Waals surface area contributed by atoms with Crippen LogP contribution in [0.1, 0.15) is 61.9 Å². The number of carbonyl (C=O) groups is 1. The topological polar surface area (TPSA) is 72.5 Å². The Morgan fingerprint density at radius 3 is 2.18 bits per heavy atom. The van der Waals surface area contributed by atoms with Crippen molar-refractivity contribution < 1.29 is 17.9 Å². The molecular weight excluding hydrogens is 374 g/mol. The average Bonchev–Trinajstić information content (AvgIpc) is 2.70. The highest BCUT2D eigenvalue weighted by molar-refractivity contribution is 7.92. The summed E-state index contributed by atoms with van der Waals surface area (Å²) in [5.41, 5.74) is 1.93. The highest BCUT2D eigenvalue weighted by atomic mass is 32.2. The summed E-state index contributed by atoms with van der Waals surface area (Å²) in [4.78, 5) is 12.0. The van der Waals surface area contributed by atoms with Crippen LogP contribution in [-0.2, 0) is 21.2 Å². The summed E-state index contributed by atoms with van der Waals surface area (Å²) < 4.78 is 32.7. The van der Waals surface area contributed by atoms with Gasteiger partial charge in [0.05, 0.1) is 17.1 Å². The highest BCUT2D eigenvalue weighted by Crippen LogP contribution is 2.18. The fourth-order valence-electron chi connectivity index (χ4n) is 2.76. The fraction of sp³-hybridized carbons (Fsp3) is 0.409. The van der Waals surface area contributed by atoms with Crippen molar-refractivity contribution >= 4 is 21.7 Å². The molecule has 0 radical (unpaired) electrons. The number of esters is 1. The first-order valence-electron chi connectivity index (χ1n) is 9.85. The number of rotatable bonds is 11. The van der Waals surface area contributed by atoms with Crippen LogP contribution >= 0.6 is 0 Å². The maximum Gasteiger partial charge on any atom is 0.338 e. The van der Waals surface area contributed by atoms with Crippen molar-refractivity contribution in [1.29, 1.82) is 0 Å². The molecule has 0 unspecified atom stereocenters. The van der Waals surface area contributed by atoms with Gasteiger partial charge in [0.15, 0.2) is 0 Å². The van der Waals surface area contributed by atoms with Crippen molar-refractivity contribution in [2.24, 2.45) is 0 Å². The quantitative estimate of drug-likeness (QED) is 0.415. The number of anilines is 1. The highest BCUT2D eigenvalue weighted by Gasteiger charge is 2.15. The summed E-state index contributed by atoms with van der Waals surface area (Å²) in [5.74, 6) is -0.411. The Bertz CT molecular complexity index is 843. The number of hydrogen-bond donors (Lipinski definition) is 1. The SMILES string of the molecule is CCCCCCc1ccc(S(=O)(=O)Nc2ccc(C(=O)OCCC)cc2)cc1. The molecule has 0 amide bonds. The maximum atomic E-state index is 12.6. The molecule has 0 spiro atoms. The van der Waals surface area contributed by atoms with Crippen LogP contribution < -0.4 is 4.72 Å². The van der Waals surface area contributed by atoms with Gasteiger partial charge < -0.3 is 4.74 Å². The smallest absolute Gasteiger partial charge is 0.338 e. The van der Waals surface area contributed by atoms with Gasteiger partial charge in [0.1, 0.15) is 0 Å². The Hall–Kier alpha value is -2.34. The van der Waals surface area contributed by atoms with E-state index in [9.17, 15) is 13.2 Å². The molecule has 0 bridgehead atoms. The Morgan fingerprint density at radius 2 is 1.57 bits per heavy atom. The fourth-order valence-corrected chi connectivity index (χ4v) is 3.82. The van der Waals surface area contributed by atoms with Gasteiger partial charge in [-0.2, -0.15) is 0 Å². The summed E-state index contributed by atoms with van der Waals surface area (Å²) in [6, 6.07) is 13.2. The predicted molar refractivity (Wildman–Crippen MR) is 112 cm³/mol. The number of carbonyl (C=O) groups excluding carboxylic acids is 1. The zero-order valence-corrected chi connectivity index (χ0v) is 17.4. The summed E-state index contributed by atoms with van der Waals surface area (Å²) in [6.45, 7) is 4.46. The molecule has 2 aromatic carbocycles. The summed E-state index contributed by atoms with van der Waals surface area (Å²) in [7, 11) is -3.67. The molecular formula is C22H29NO4S. The van der Waals surface area contributed by atoms with Crippen LogP contribution in [0.5, 0.6) is 0 Å². The molecule has 0 saturated carbocycles. The minimum atomic E-state index is -3.67. The van der Waals surface area contributed by atoms with Crippen LogP contribution in [-0.4, -0.2) is 21.0 Å². The second-order valence-corrected chi connectivity index (χ2v) is 8.46. The molecule has 28 heavy (non-hydrogen) atoms. The van der Waals surface area contributed by atoms with Gasteiger partial charge in [-0.05, 0) is 61.2 Å². The number of hydrogen-bond acceptors (Lipinski definition) is 4. The second kappa shape index (κ2) is 10.9. The van der Waals surface area contributed by atoms with E-state index in [1.807, 2.05) is 19.1 Å². The van der Waals surface area contributed by atoms with Crippen molar-refractivity contribution in [2.75, 3.05) is 11.3 Å². The van der Waals surface area contributed by atoms with Crippen molar-refractivity contribution in [3.8, 4) is 0 Å². The van der Waals surface area contributed by atoms with Crippen LogP contribution in [0.15, 0.2) is 53.4 Å². The largest absolute Gasteiger partial charge is 0.462 e. The van der Waals surface area contributed by atoms with Crippen molar-refractivity contribution in [3.63, 3.8) is 0 Å². The van der Waals surface area contributed by atoms with Gasteiger partial charge in [-0.3, -0.25) is 4.72 Å². The zero-order chi connectivity index (χ0) is 20.4. The van der Waals surface area contributed by atoms with Crippen LogP contribution in [0.25, 0.3) is 0 Å². The van der Waals surface area contributed by atoms with Gasteiger partial charge in [-0.1, -0.05) is 45.2 Å². The van der Waals surface area contributed by atoms with Crippen LogP contribution in [0, 0.1) is 0 Å². The van der Waals surface area contributed by atoms with Gasteiger partial charge in [-0.25, -0.2) is 13.2 Å². The molecule has 0 aromatic heterocycles. The molecule has 6 heteroatoms. The molecule has 2 aromatic rings. The molecule has 0 atom stereocenters. The molecule has 0 saturated heterocycles. The first-order valence-corrected chi connectivity index (χ1v) is 11.3. The number of sulfonamides is 1. The van der Waals surface area contributed by atoms with Crippen molar-refractivity contribution in [2.45, 2.75) is 57.3 Å². The minimum Gasteiger partial charge on any atom is -0.462 e. The van der Waals surface area contributed by atoms with Crippen LogP contribution in [0.4, 0.5) is 5.69 Å². The summed E-state index contributed by atoms with van der Waals surface area (Å²) in [6.07, 6.45) is 6.45.